The van der Waals surface area contributed by atoms with Crippen molar-refractivity contribution in [2.75, 3.05) is 31.6 Å². The van der Waals surface area contributed by atoms with Crippen molar-refractivity contribution in [1.29, 1.82) is 0 Å². The van der Waals surface area contributed by atoms with Crippen LogP contribution in [0.3, 0.4) is 0 Å². The Morgan fingerprint density at radius 1 is 1.48 bits per heavy atom. The molecule has 1 amide bonds. The van der Waals surface area contributed by atoms with Crippen molar-refractivity contribution in [3.63, 3.8) is 0 Å². The Balaban J connectivity index is 1.94. The Bertz CT molecular complexity index is 548. The van der Waals surface area contributed by atoms with Crippen LogP contribution in [0.2, 0.25) is 0 Å². The largest absolute Gasteiger partial charge is 0.467 e. The van der Waals surface area contributed by atoms with E-state index in [1.807, 2.05) is 0 Å². The summed E-state index contributed by atoms with van der Waals surface area (Å²) in [6.45, 7) is 3.18. The third-order valence-corrected chi connectivity index (χ3v) is 4.20. The molecule has 2 aliphatic rings. The maximum Gasteiger partial charge on any atom is 0.318 e. The zero-order valence-corrected chi connectivity index (χ0v) is 12.3. The van der Waals surface area contributed by atoms with Gasteiger partial charge in [-0.25, -0.2) is 0 Å². The van der Waals surface area contributed by atoms with Crippen LogP contribution >= 0.6 is 0 Å². The normalized spacial score (nSPS) is 21.8. The van der Waals surface area contributed by atoms with Crippen LogP contribution in [0.5, 0.6) is 6.01 Å². The lowest BCUT2D eigenvalue weighted by Gasteiger charge is -2.34. The van der Waals surface area contributed by atoms with Gasteiger partial charge in [-0.05, 0) is 25.8 Å². The van der Waals surface area contributed by atoms with E-state index >= 15 is 0 Å². The molecule has 0 spiro atoms. The van der Waals surface area contributed by atoms with Crippen LogP contribution < -0.4 is 20.7 Å². The number of nitrogens with zero attached hydrogens (tertiary/aromatic N) is 3. The lowest BCUT2D eigenvalue weighted by Crippen LogP contribution is -2.42. The molecule has 7 nitrogen and oxygen atoms in total. The van der Waals surface area contributed by atoms with Crippen LogP contribution in [0.15, 0.2) is 0 Å². The van der Waals surface area contributed by atoms with Gasteiger partial charge in [0.25, 0.3) is 0 Å². The number of primary amides is 1. The number of nitrogens with one attached hydrogen (secondary N) is 1. The van der Waals surface area contributed by atoms with Gasteiger partial charge in [0.05, 0.1) is 18.7 Å². The van der Waals surface area contributed by atoms with E-state index in [4.69, 9.17) is 10.5 Å². The van der Waals surface area contributed by atoms with E-state index < -0.39 is 0 Å². The maximum absolute atomic E-state index is 11.5. The van der Waals surface area contributed by atoms with Crippen LogP contribution in [0.4, 0.5) is 5.82 Å². The highest BCUT2D eigenvalue weighted by Crippen LogP contribution is 2.29. The van der Waals surface area contributed by atoms with Gasteiger partial charge < -0.3 is 20.7 Å². The number of anilines is 1. The Kier molecular flexibility index (Phi) is 3.92. The Labute approximate surface area is 123 Å². The summed E-state index contributed by atoms with van der Waals surface area (Å²) < 4.78 is 5.22. The van der Waals surface area contributed by atoms with Crippen molar-refractivity contribution in [3.8, 4) is 6.01 Å². The fourth-order valence-corrected chi connectivity index (χ4v) is 3.07. The highest BCUT2D eigenvalue weighted by Gasteiger charge is 2.28. The quantitative estimate of drug-likeness (QED) is 0.803. The number of carbonyl (C=O) groups is 1. The van der Waals surface area contributed by atoms with Gasteiger partial charge in [-0.15, -0.1) is 0 Å². The van der Waals surface area contributed by atoms with Gasteiger partial charge in [-0.1, -0.05) is 0 Å². The van der Waals surface area contributed by atoms with Gasteiger partial charge in [0.15, 0.2) is 0 Å². The third-order valence-electron chi connectivity index (χ3n) is 4.20. The van der Waals surface area contributed by atoms with E-state index in [1.165, 1.54) is 5.56 Å². The molecule has 1 fully saturated rings. The van der Waals surface area contributed by atoms with Crippen LogP contribution in [-0.4, -0.2) is 42.6 Å². The van der Waals surface area contributed by atoms with Crippen molar-refractivity contribution < 1.29 is 9.53 Å². The van der Waals surface area contributed by atoms with Crippen LogP contribution in [-0.2, 0) is 17.8 Å². The van der Waals surface area contributed by atoms with Crippen LogP contribution in [0.25, 0.3) is 0 Å². The molecule has 0 saturated carbocycles. The first kappa shape index (κ1) is 14.1. The van der Waals surface area contributed by atoms with Crippen molar-refractivity contribution in [3.05, 3.63) is 11.3 Å². The highest BCUT2D eigenvalue weighted by atomic mass is 16.5. The molecule has 21 heavy (non-hydrogen) atoms. The van der Waals surface area contributed by atoms with Crippen molar-refractivity contribution in [2.45, 2.75) is 25.8 Å². The summed E-state index contributed by atoms with van der Waals surface area (Å²) in [5.74, 6) is 0.581. The minimum Gasteiger partial charge on any atom is -0.467 e. The van der Waals surface area contributed by atoms with E-state index in [9.17, 15) is 4.79 Å². The molecule has 114 valence electrons. The second-order valence-electron chi connectivity index (χ2n) is 5.57. The monoisotopic (exact) mass is 291 g/mol. The summed E-state index contributed by atoms with van der Waals surface area (Å²) in [7, 11) is 1.57. The molecule has 0 bridgehead atoms. The molecule has 3 N–H and O–H groups in total. The lowest BCUT2D eigenvalue weighted by atomic mass is 9.96. The topological polar surface area (TPSA) is 93.4 Å². The summed E-state index contributed by atoms with van der Waals surface area (Å²) in [6.07, 6.45) is 2.71. The van der Waals surface area contributed by atoms with Crippen molar-refractivity contribution in [2.24, 2.45) is 11.7 Å². The van der Waals surface area contributed by atoms with Crippen LogP contribution in [0.1, 0.15) is 24.1 Å². The number of amides is 1. The molecular formula is C14H21N5O2. The van der Waals surface area contributed by atoms with Gasteiger partial charge in [-0.3, -0.25) is 4.79 Å². The number of hydrogen-bond donors (Lipinski definition) is 2. The minimum absolute atomic E-state index is 0.0999. The number of aromatic nitrogens is 2. The first-order valence-corrected chi connectivity index (χ1v) is 7.38. The van der Waals surface area contributed by atoms with Gasteiger partial charge in [0, 0.05) is 25.2 Å². The first-order chi connectivity index (χ1) is 10.2. The predicted molar refractivity (Wildman–Crippen MR) is 78.1 cm³/mol. The van der Waals surface area contributed by atoms with Crippen molar-refractivity contribution in [1.82, 2.24) is 15.3 Å². The van der Waals surface area contributed by atoms with Gasteiger partial charge in [0.2, 0.25) is 5.91 Å². The summed E-state index contributed by atoms with van der Waals surface area (Å²) in [5.41, 5.74) is 7.62. The number of rotatable bonds is 3. The molecule has 1 aromatic rings. The maximum atomic E-state index is 11.5. The van der Waals surface area contributed by atoms with Gasteiger partial charge in [-0.2, -0.15) is 9.97 Å². The van der Waals surface area contributed by atoms with E-state index in [2.05, 4.69) is 20.2 Å². The van der Waals surface area contributed by atoms with E-state index in [-0.39, 0.29) is 11.8 Å². The Hall–Kier alpha value is -1.89. The molecule has 1 atom stereocenters. The van der Waals surface area contributed by atoms with Crippen LogP contribution in [0, 0.1) is 5.92 Å². The van der Waals surface area contributed by atoms with E-state index in [0.29, 0.717) is 12.6 Å². The molecule has 3 heterocycles. The number of fused-ring (bicyclic) bond motifs is 1. The number of methoxy groups -OCH3 is 1. The summed E-state index contributed by atoms with van der Waals surface area (Å²) in [6, 6.07) is 0.383. The minimum atomic E-state index is -0.226. The number of piperidine rings is 1. The molecular weight excluding hydrogens is 270 g/mol. The van der Waals surface area contributed by atoms with E-state index in [0.717, 1.165) is 50.4 Å². The number of ether oxygens (including phenoxy) is 1. The molecule has 3 rings (SSSR count). The third kappa shape index (κ3) is 2.78. The molecule has 0 aliphatic carbocycles. The molecule has 0 aromatic carbocycles. The van der Waals surface area contributed by atoms with Crippen molar-refractivity contribution >= 4 is 11.7 Å². The first-order valence-electron chi connectivity index (χ1n) is 7.38. The predicted octanol–water partition coefficient (Wildman–Crippen LogP) is -0.167. The molecule has 1 unspecified atom stereocenters. The summed E-state index contributed by atoms with van der Waals surface area (Å²) in [5, 5.41) is 3.31. The summed E-state index contributed by atoms with van der Waals surface area (Å²) in [4.78, 5) is 22.6. The molecule has 0 radical (unpaired) electrons. The smallest absolute Gasteiger partial charge is 0.318 e. The standard InChI is InChI=1S/C14H21N5O2/c1-21-14-17-11-7-16-5-4-10(11)13(18-14)19-6-2-3-9(8-19)12(15)20/h9,16H,2-8H2,1H3,(H2,15,20). The zero-order valence-electron chi connectivity index (χ0n) is 12.3. The lowest BCUT2D eigenvalue weighted by molar-refractivity contribution is -0.122. The fourth-order valence-electron chi connectivity index (χ4n) is 3.07. The Morgan fingerprint density at radius 2 is 2.33 bits per heavy atom. The fraction of sp³-hybridized carbons (Fsp3) is 0.643. The number of carbonyl (C=O) groups excluding carboxylic acids is 1. The number of hydrogen-bond acceptors (Lipinski definition) is 6. The second kappa shape index (κ2) is 5.85. The second-order valence-corrected chi connectivity index (χ2v) is 5.57. The molecule has 7 heteroatoms. The summed E-state index contributed by atoms with van der Waals surface area (Å²) >= 11 is 0. The highest BCUT2D eigenvalue weighted by molar-refractivity contribution is 5.77. The Morgan fingerprint density at radius 3 is 3.10 bits per heavy atom. The zero-order chi connectivity index (χ0) is 14.8. The molecule has 1 aromatic heterocycles. The average molecular weight is 291 g/mol. The average Bonchev–Trinajstić information content (AvgIpc) is 2.53. The number of nitrogens with two attached hydrogens (primary N) is 1. The molecule has 1 saturated heterocycles. The van der Waals surface area contributed by atoms with E-state index in [1.54, 1.807) is 7.11 Å². The van der Waals surface area contributed by atoms with Gasteiger partial charge >= 0.3 is 6.01 Å². The molecule has 2 aliphatic heterocycles. The SMILES string of the molecule is COc1nc2c(c(N3CCCC(C(N)=O)C3)n1)CCNC2. The van der Waals surface area contributed by atoms with Gasteiger partial charge in [0.1, 0.15) is 5.82 Å².